The Morgan fingerprint density at radius 1 is 1.09 bits per heavy atom. The Bertz CT molecular complexity index is 762. The smallest absolute Gasteiger partial charge is 0.143 e. The molecule has 0 fully saturated rings. The second-order valence-electron chi connectivity index (χ2n) is 5.11. The molecule has 1 atom stereocenters. The average molecular weight is 296 g/mol. The summed E-state index contributed by atoms with van der Waals surface area (Å²) in [7, 11) is 0. The lowest BCUT2D eigenvalue weighted by Crippen LogP contribution is -2.09. The molecule has 0 saturated carbocycles. The van der Waals surface area contributed by atoms with Gasteiger partial charge in [-0.25, -0.2) is 4.98 Å². The van der Waals surface area contributed by atoms with Gasteiger partial charge in [-0.3, -0.25) is 0 Å². The van der Waals surface area contributed by atoms with Crippen molar-refractivity contribution in [3.05, 3.63) is 59.9 Å². The van der Waals surface area contributed by atoms with Gasteiger partial charge in [-0.05, 0) is 43.7 Å². The molecule has 1 heterocycles. The topological polar surface area (TPSA) is 47.3 Å². The molecule has 4 nitrogen and oxygen atoms in total. The number of fused-ring (bicyclic) bond motifs is 1. The van der Waals surface area contributed by atoms with Gasteiger partial charge in [0.1, 0.15) is 17.7 Å². The van der Waals surface area contributed by atoms with Crippen LogP contribution in [0, 0.1) is 0 Å². The first-order chi connectivity index (χ1) is 10.7. The first kappa shape index (κ1) is 14.6. The summed E-state index contributed by atoms with van der Waals surface area (Å²) < 4.78 is 7.49. The number of benzene rings is 2. The van der Waals surface area contributed by atoms with E-state index in [1.165, 1.54) is 0 Å². The molecule has 0 radical (unpaired) electrons. The number of hydrogen-bond donors (Lipinski definition) is 1. The van der Waals surface area contributed by atoms with Crippen molar-refractivity contribution in [3.63, 3.8) is 0 Å². The summed E-state index contributed by atoms with van der Waals surface area (Å²) in [5.41, 5.74) is 2.77. The number of rotatable bonds is 5. The highest BCUT2D eigenvalue weighted by atomic mass is 16.5. The predicted octanol–water partition coefficient (Wildman–Crippen LogP) is 3.54. The van der Waals surface area contributed by atoms with Crippen LogP contribution in [0.15, 0.2) is 48.5 Å². The number of aryl methyl sites for hydroxylation is 1. The third-order valence-electron chi connectivity index (χ3n) is 3.75. The maximum atomic E-state index is 10.7. The third kappa shape index (κ3) is 2.57. The molecule has 0 saturated heterocycles. The zero-order valence-corrected chi connectivity index (χ0v) is 12.9. The van der Waals surface area contributed by atoms with Crippen molar-refractivity contribution in [2.75, 3.05) is 6.61 Å². The van der Waals surface area contributed by atoms with Gasteiger partial charge in [0, 0.05) is 6.54 Å². The number of ether oxygens (including phenoxy) is 1. The van der Waals surface area contributed by atoms with E-state index in [9.17, 15) is 5.11 Å². The SMILES string of the molecule is CCOc1ccc(C(O)c2nc3ccccc3n2CC)cc1. The normalized spacial score (nSPS) is 12.5. The standard InChI is InChI=1S/C18H20N2O2/c1-3-20-16-8-6-5-7-15(16)19-18(20)17(21)13-9-11-14(12-10-13)22-4-2/h5-12,17,21H,3-4H2,1-2H3. The summed E-state index contributed by atoms with van der Waals surface area (Å²) in [5.74, 6) is 1.48. The Labute approximate surface area is 130 Å². The number of nitrogens with zero attached hydrogens (tertiary/aromatic N) is 2. The van der Waals surface area contributed by atoms with Crippen LogP contribution in [0.3, 0.4) is 0 Å². The molecule has 3 aromatic rings. The van der Waals surface area contributed by atoms with Crippen molar-refractivity contribution in [3.8, 4) is 5.75 Å². The van der Waals surface area contributed by atoms with Gasteiger partial charge >= 0.3 is 0 Å². The lowest BCUT2D eigenvalue weighted by molar-refractivity contribution is 0.205. The Morgan fingerprint density at radius 2 is 1.82 bits per heavy atom. The first-order valence-corrected chi connectivity index (χ1v) is 7.60. The van der Waals surface area contributed by atoms with E-state index >= 15 is 0 Å². The molecule has 4 heteroatoms. The monoisotopic (exact) mass is 296 g/mol. The van der Waals surface area contributed by atoms with Gasteiger partial charge in [-0.15, -0.1) is 0 Å². The van der Waals surface area contributed by atoms with Crippen molar-refractivity contribution in [2.24, 2.45) is 0 Å². The van der Waals surface area contributed by atoms with Crippen LogP contribution in [0.25, 0.3) is 11.0 Å². The Balaban J connectivity index is 1.99. The molecule has 0 aliphatic rings. The molecular formula is C18H20N2O2. The number of aromatic nitrogens is 2. The summed E-state index contributed by atoms with van der Waals surface area (Å²) in [5, 5.41) is 10.7. The van der Waals surface area contributed by atoms with E-state index < -0.39 is 6.10 Å². The molecule has 1 aromatic heterocycles. The second-order valence-corrected chi connectivity index (χ2v) is 5.11. The summed E-state index contributed by atoms with van der Waals surface area (Å²) in [6.45, 7) is 5.41. The largest absolute Gasteiger partial charge is 0.494 e. The summed E-state index contributed by atoms with van der Waals surface area (Å²) in [4.78, 5) is 4.60. The van der Waals surface area contributed by atoms with Crippen LogP contribution in [-0.4, -0.2) is 21.3 Å². The van der Waals surface area contributed by atoms with Crippen LogP contribution < -0.4 is 4.74 Å². The van der Waals surface area contributed by atoms with Crippen molar-refractivity contribution < 1.29 is 9.84 Å². The fourth-order valence-electron chi connectivity index (χ4n) is 2.70. The van der Waals surface area contributed by atoms with E-state index in [0.29, 0.717) is 12.4 Å². The van der Waals surface area contributed by atoms with Crippen molar-refractivity contribution >= 4 is 11.0 Å². The quantitative estimate of drug-likeness (QED) is 0.783. The Kier molecular flexibility index (Phi) is 4.11. The fourth-order valence-corrected chi connectivity index (χ4v) is 2.70. The molecule has 0 aliphatic carbocycles. The molecule has 114 valence electrons. The van der Waals surface area contributed by atoms with Crippen molar-refractivity contribution in [2.45, 2.75) is 26.5 Å². The zero-order chi connectivity index (χ0) is 15.5. The molecule has 0 aliphatic heterocycles. The minimum atomic E-state index is -0.747. The number of hydrogen-bond acceptors (Lipinski definition) is 3. The van der Waals surface area contributed by atoms with Crippen LogP contribution >= 0.6 is 0 Å². The number of para-hydroxylation sites is 2. The highest BCUT2D eigenvalue weighted by Crippen LogP contribution is 2.26. The maximum absolute atomic E-state index is 10.7. The van der Waals surface area contributed by atoms with Gasteiger partial charge in [0.05, 0.1) is 17.6 Å². The van der Waals surface area contributed by atoms with E-state index in [-0.39, 0.29) is 0 Å². The van der Waals surface area contributed by atoms with Gasteiger partial charge < -0.3 is 14.4 Å². The Morgan fingerprint density at radius 3 is 2.50 bits per heavy atom. The summed E-state index contributed by atoms with van der Waals surface area (Å²) in [6.07, 6.45) is -0.747. The molecule has 1 N–H and O–H groups in total. The minimum absolute atomic E-state index is 0.632. The van der Waals surface area contributed by atoms with Crippen LogP contribution in [0.1, 0.15) is 31.3 Å². The van der Waals surface area contributed by atoms with Gasteiger partial charge in [-0.1, -0.05) is 24.3 Å². The molecule has 22 heavy (non-hydrogen) atoms. The van der Waals surface area contributed by atoms with E-state index in [2.05, 4.69) is 16.5 Å². The fraction of sp³-hybridized carbons (Fsp3) is 0.278. The molecule has 0 amide bonds. The van der Waals surface area contributed by atoms with Gasteiger partial charge in [0.25, 0.3) is 0 Å². The van der Waals surface area contributed by atoms with Crippen LogP contribution in [-0.2, 0) is 6.54 Å². The molecule has 3 rings (SSSR count). The van der Waals surface area contributed by atoms with Gasteiger partial charge in [-0.2, -0.15) is 0 Å². The first-order valence-electron chi connectivity index (χ1n) is 7.60. The third-order valence-corrected chi connectivity index (χ3v) is 3.75. The second kappa shape index (κ2) is 6.20. The van der Waals surface area contributed by atoms with Crippen LogP contribution in [0.5, 0.6) is 5.75 Å². The predicted molar refractivity (Wildman–Crippen MR) is 87.1 cm³/mol. The minimum Gasteiger partial charge on any atom is -0.494 e. The highest BCUT2D eigenvalue weighted by molar-refractivity contribution is 5.76. The number of imidazole rings is 1. The van der Waals surface area contributed by atoms with E-state index in [1.54, 1.807) is 0 Å². The molecule has 0 bridgehead atoms. The highest BCUT2D eigenvalue weighted by Gasteiger charge is 2.18. The lowest BCUT2D eigenvalue weighted by atomic mass is 10.1. The summed E-state index contributed by atoms with van der Waals surface area (Å²) >= 11 is 0. The molecule has 0 spiro atoms. The molecule has 2 aromatic carbocycles. The molecular weight excluding hydrogens is 276 g/mol. The van der Waals surface area contributed by atoms with Crippen LogP contribution in [0.2, 0.25) is 0 Å². The van der Waals surface area contributed by atoms with Crippen molar-refractivity contribution in [1.82, 2.24) is 9.55 Å². The maximum Gasteiger partial charge on any atom is 0.143 e. The Hall–Kier alpha value is -2.33. The van der Waals surface area contributed by atoms with Crippen molar-refractivity contribution in [1.29, 1.82) is 0 Å². The number of aliphatic hydroxyl groups is 1. The van der Waals surface area contributed by atoms with E-state index in [0.717, 1.165) is 28.9 Å². The molecule has 1 unspecified atom stereocenters. The summed E-state index contributed by atoms with van der Waals surface area (Å²) in [6, 6.07) is 15.5. The zero-order valence-electron chi connectivity index (χ0n) is 12.9. The van der Waals surface area contributed by atoms with E-state index in [1.807, 2.05) is 55.5 Å². The van der Waals surface area contributed by atoms with Gasteiger partial charge in [0.15, 0.2) is 0 Å². The van der Waals surface area contributed by atoms with Gasteiger partial charge in [0.2, 0.25) is 0 Å². The van der Waals surface area contributed by atoms with Crippen LogP contribution in [0.4, 0.5) is 0 Å². The lowest BCUT2D eigenvalue weighted by Gasteiger charge is -2.13. The number of aliphatic hydroxyl groups excluding tert-OH is 1. The average Bonchev–Trinajstić information content (AvgIpc) is 2.93. The van der Waals surface area contributed by atoms with E-state index in [4.69, 9.17) is 4.74 Å².